The molecule has 3 N–H and O–H groups in total. The third-order valence-electron chi connectivity index (χ3n) is 4.42. The second-order valence-electron chi connectivity index (χ2n) is 6.61. The normalized spacial score (nSPS) is 10.8. The number of hydrogen-bond donors (Lipinski definition) is 3. The van der Waals surface area contributed by atoms with E-state index >= 15 is 0 Å². The summed E-state index contributed by atoms with van der Waals surface area (Å²) in [5.74, 6) is 1.59. The third kappa shape index (κ3) is 8.27. The van der Waals surface area contributed by atoms with Crippen molar-refractivity contribution >= 4 is 12.0 Å². The monoisotopic (exact) mass is 398 g/mol. The SMILES string of the molecule is COc1ccc(CCCNCCCNC(=O)/C=C/c2ccc(O)cc2)cc1OC. The van der Waals surface area contributed by atoms with Gasteiger partial charge in [0, 0.05) is 12.6 Å². The lowest BCUT2D eigenvalue weighted by Crippen LogP contribution is -2.26. The predicted molar refractivity (Wildman–Crippen MR) is 116 cm³/mol. The topological polar surface area (TPSA) is 79.8 Å². The van der Waals surface area contributed by atoms with Gasteiger partial charge in [0.15, 0.2) is 11.5 Å². The number of amides is 1. The van der Waals surface area contributed by atoms with E-state index in [1.165, 1.54) is 11.6 Å². The Labute approximate surface area is 172 Å². The molecule has 0 fully saturated rings. The number of phenols is 1. The van der Waals surface area contributed by atoms with Gasteiger partial charge in [0.2, 0.25) is 5.91 Å². The second kappa shape index (κ2) is 12.5. The predicted octanol–water partition coefficient (Wildman–Crippen LogP) is 3.15. The first-order valence-corrected chi connectivity index (χ1v) is 9.79. The Kier molecular flexibility index (Phi) is 9.59. The van der Waals surface area contributed by atoms with Crippen LogP contribution >= 0.6 is 0 Å². The molecule has 0 spiro atoms. The van der Waals surface area contributed by atoms with Crippen LogP contribution in [0.1, 0.15) is 24.0 Å². The van der Waals surface area contributed by atoms with Gasteiger partial charge in [-0.05, 0) is 73.8 Å². The van der Waals surface area contributed by atoms with E-state index in [0.717, 1.165) is 49.4 Å². The van der Waals surface area contributed by atoms with Crippen LogP contribution in [0.15, 0.2) is 48.5 Å². The second-order valence-corrected chi connectivity index (χ2v) is 6.61. The van der Waals surface area contributed by atoms with Crippen LogP contribution in [0.3, 0.4) is 0 Å². The van der Waals surface area contributed by atoms with Gasteiger partial charge < -0.3 is 25.2 Å². The van der Waals surface area contributed by atoms with Crippen LogP contribution in [-0.2, 0) is 11.2 Å². The molecule has 0 saturated heterocycles. The summed E-state index contributed by atoms with van der Waals surface area (Å²) in [6.07, 6.45) is 6.09. The number of hydrogen-bond acceptors (Lipinski definition) is 5. The molecule has 156 valence electrons. The molecule has 1 amide bonds. The highest BCUT2D eigenvalue weighted by Crippen LogP contribution is 2.27. The van der Waals surface area contributed by atoms with Crippen molar-refractivity contribution in [3.8, 4) is 17.2 Å². The van der Waals surface area contributed by atoms with Gasteiger partial charge >= 0.3 is 0 Å². The molecule has 0 aromatic heterocycles. The highest BCUT2D eigenvalue weighted by atomic mass is 16.5. The first-order chi connectivity index (χ1) is 14.1. The van der Waals surface area contributed by atoms with Crippen LogP contribution in [0.5, 0.6) is 17.2 Å². The zero-order chi connectivity index (χ0) is 20.9. The van der Waals surface area contributed by atoms with Crippen molar-refractivity contribution in [2.45, 2.75) is 19.3 Å². The number of carbonyl (C=O) groups excluding carboxylic acids is 1. The molecule has 6 nitrogen and oxygen atoms in total. The number of aromatic hydroxyl groups is 1. The van der Waals surface area contributed by atoms with E-state index in [-0.39, 0.29) is 11.7 Å². The Morgan fingerprint density at radius 2 is 1.69 bits per heavy atom. The molecule has 0 aliphatic rings. The van der Waals surface area contributed by atoms with Crippen molar-refractivity contribution in [3.63, 3.8) is 0 Å². The van der Waals surface area contributed by atoms with Crippen molar-refractivity contribution in [2.24, 2.45) is 0 Å². The lowest BCUT2D eigenvalue weighted by molar-refractivity contribution is -0.116. The van der Waals surface area contributed by atoms with E-state index < -0.39 is 0 Å². The molecule has 2 aromatic carbocycles. The van der Waals surface area contributed by atoms with Crippen LogP contribution in [0.2, 0.25) is 0 Å². The van der Waals surface area contributed by atoms with E-state index in [4.69, 9.17) is 9.47 Å². The lowest BCUT2D eigenvalue weighted by Gasteiger charge is -2.10. The number of methoxy groups -OCH3 is 2. The molecule has 0 aliphatic carbocycles. The fourth-order valence-electron chi connectivity index (χ4n) is 2.82. The van der Waals surface area contributed by atoms with E-state index in [0.29, 0.717) is 6.54 Å². The molecular formula is C23H30N2O4. The number of rotatable bonds is 12. The van der Waals surface area contributed by atoms with Gasteiger partial charge in [0.25, 0.3) is 0 Å². The first kappa shape index (κ1) is 22.3. The highest BCUT2D eigenvalue weighted by Gasteiger charge is 2.04. The van der Waals surface area contributed by atoms with Crippen LogP contribution in [0.25, 0.3) is 6.08 Å². The Balaban J connectivity index is 1.53. The van der Waals surface area contributed by atoms with Crippen LogP contribution < -0.4 is 20.1 Å². The minimum atomic E-state index is -0.119. The smallest absolute Gasteiger partial charge is 0.243 e. The number of aryl methyl sites for hydroxylation is 1. The van der Waals surface area contributed by atoms with Crippen LogP contribution in [0, 0.1) is 0 Å². The third-order valence-corrected chi connectivity index (χ3v) is 4.42. The largest absolute Gasteiger partial charge is 0.508 e. The molecule has 2 rings (SSSR count). The Hall–Kier alpha value is -2.99. The zero-order valence-corrected chi connectivity index (χ0v) is 17.1. The molecular weight excluding hydrogens is 368 g/mol. The van der Waals surface area contributed by atoms with Crippen molar-refractivity contribution in [3.05, 3.63) is 59.7 Å². The summed E-state index contributed by atoms with van der Waals surface area (Å²) >= 11 is 0. The van der Waals surface area contributed by atoms with Crippen molar-refractivity contribution in [2.75, 3.05) is 33.9 Å². The molecule has 2 aromatic rings. The Morgan fingerprint density at radius 3 is 2.41 bits per heavy atom. The molecule has 0 bridgehead atoms. The maximum Gasteiger partial charge on any atom is 0.243 e. The summed E-state index contributed by atoms with van der Waals surface area (Å²) in [7, 11) is 3.28. The fraction of sp³-hybridized carbons (Fsp3) is 0.348. The molecule has 29 heavy (non-hydrogen) atoms. The van der Waals surface area contributed by atoms with Crippen LogP contribution in [0.4, 0.5) is 0 Å². The van der Waals surface area contributed by atoms with E-state index in [1.807, 2.05) is 12.1 Å². The summed E-state index contributed by atoms with van der Waals surface area (Å²) in [5, 5.41) is 15.5. The maximum atomic E-state index is 11.8. The fourth-order valence-corrected chi connectivity index (χ4v) is 2.82. The maximum absolute atomic E-state index is 11.8. The lowest BCUT2D eigenvalue weighted by atomic mass is 10.1. The Bertz CT molecular complexity index is 788. The van der Waals surface area contributed by atoms with Gasteiger partial charge in [-0.3, -0.25) is 4.79 Å². The molecule has 6 heteroatoms. The number of phenolic OH excluding ortho intramolecular Hbond substituents is 1. The summed E-state index contributed by atoms with van der Waals surface area (Å²) in [6, 6.07) is 12.7. The number of nitrogens with one attached hydrogen (secondary N) is 2. The number of ether oxygens (including phenoxy) is 2. The minimum Gasteiger partial charge on any atom is -0.508 e. The molecule has 0 unspecified atom stereocenters. The minimum absolute atomic E-state index is 0.119. The standard InChI is InChI=1S/C23H30N2O4/c1-28-21-12-8-19(17-22(21)29-2)5-3-14-24-15-4-16-25-23(27)13-9-18-6-10-20(26)11-7-18/h6-13,17,24,26H,3-5,14-16H2,1-2H3,(H,25,27)/b13-9+. The van der Waals surface area contributed by atoms with E-state index in [9.17, 15) is 9.90 Å². The van der Waals surface area contributed by atoms with Crippen molar-refractivity contribution in [1.29, 1.82) is 0 Å². The van der Waals surface area contributed by atoms with Gasteiger partial charge in [0.1, 0.15) is 5.75 Å². The highest BCUT2D eigenvalue weighted by molar-refractivity contribution is 5.91. The van der Waals surface area contributed by atoms with Gasteiger partial charge in [-0.15, -0.1) is 0 Å². The first-order valence-electron chi connectivity index (χ1n) is 9.79. The average molecular weight is 399 g/mol. The summed E-state index contributed by atoms with van der Waals surface area (Å²) < 4.78 is 10.6. The van der Waals surface area contributed by atoms with Gasteiger partial charge in [-0.2, -0.15) is 0 Å². The van der Waals surface area contributed by atoms with Crippen molar-refractivity contribution in [1.82, 2.24) is 10.6 Å². The summed E-state index contributed by atoms with van der Waals surface area (Å²) in [4.78, 5) is 11.8. The van der Waals surface area contributed by atoms with E-state index in [2.05, 4.69) is 16.7 Å². The summed E-state index contributed by atoms with van der Waals surface area (Å²) in [6.45, 7) is 2.40. The van der Waals surface area contributed by atoms with Gasteiger partial charge in [0.05, 0.1) is 14.2 Å². The molecule has 0 saturated carbocycles. The molecule has 0 radical (unpaired) electrons. The Morgan fingerprint density at radius 1 is 0.966 bits per heavy atom. The summed E-state index contributed by atoms with van der Waals surface area (Å²) in [5.41, 5.74) is 2.09. The zero-order valence-electron chi connectivity index (χ0n) is 17.1. The molecule has 0 atom stereocenters. The number of carbonyl (C=O) groups is 1. The molecule has 0 aliphatic heterocycles. The van der Waals surface area contributed by atoms with Crippen LogP contribution in [-0.4, -0.2) is 44.9 Å². The number of benzene rings is 2. The van der Waals surface area contributed by atoms with Crippen molar-refractivity contribution < 1.29 is 19.4 Å². The average Bonchev–Trinajstić information content (AvgIpc) is 2.75. The van der Waals surface area contributed by atoms with Gasteiger partial charge in [-0.1, -0.05) is 18.2 Å². The van der Waals surface area contributed by atoms with Gasteiger partial charge in [-0.25, -0.2) is 0 Å². The quantitative estimate of drug-likeness (QED) is 0.378. The molecule has 0 heterocycles. The van der Waals surface area contributed by atoms with E-state index in [1.54, 1.807) is 44.6 Å².